The molecule has 0 heterocycles. The predicted octanol–water partition coefficient (Wildman–Crippen LogP) is 1.43. The number of benzene rings is 1. The van der Waals surface area contributed by atoms with Crippen molar-refractivity contribution in [2.75, 3.05) is 5.73 Å². The van der Waals surface area contributed by atoms with E-state index in [0.29, 0.717) is 6.29 Å². The van der Waals surface area contributed by atoms with Gasteiger partial charge in [-0.05, 0) is 12.1 Å². The second-order valence-corrected chi connectivity index (χ2v) is 2.76. The number of rotatable bonds is 2. The minimum absolute atomic E-state index is 0.0269. The molecule has 1 aromatic carbocycles. The van der Waals surface area contributed by atoms with E-state index >= 15 is 0 Å². The standard InChI is InChI=1S/C8H6ClNO3/c9-5-1-2-6(10)7(8(12)13)4(5)3-11/h1-3H,10H2,(H,12,13). The average Bonchev–Trinajstić information content (AvgIpc) is 2.07. The molecule has 0 spiro atoms. The monoisotopic (exact) mass is 199 g/mol. The molecule has 1 aromatic rings. The molecular formula is C8H6ClNO3. The van der Waals surface area contributed by atoms with E-state index in [1.165, 1.54) is 12.1 Å². The summed E-state index contributed by atoms with van der Waals surface area (Å²) >= 11 is 5.60. The molecule has 0 unspecified atom stereocenters. The van der Waals surface area contributed by atoms with Crippen LogP contribution in [0.25, 0.3) is 0 Å². The predicted molar refractivity (Wildman–Crippen MR) is 48.2 cm³/mol. The van der Waals surface area contributed by atoms with E-state index < -0.39 is 5.97 Å². The van der Waals surface area contributed by atoms with Gasteiger partial charge in [0.1, 0.15) is 0 Å². The number of hydrogen-bond donors (Lipinski definition) is 2. The fraction of sp³-hybridized carbons (Fsp3) is 0. The SMILES string of the molecule is Nc1ccc(Cl)c(C=O)c1C(=O)O. The van der Waals surface area contributed by atoms with Crippen LogP contribution in [0.15, 0.2) is 12.1 Å². The van der Waals surface area contributed by atoms with Crippen molar-refractivity contribution in [2.45, 2.75) is 0 Å². The fourth-order valence-corrected chi connectivity index (χ4v) is 1.17. The van der Waals surface area contributed by atoms with Crippen LogP contribution >= 0.6 is 11.6 Å². The van der Waals surface area contributed by atoms with Gasteiger partial charge in [0.25, 0.3) is 0 Å². The first-order valence-corrected chi connectivity index (χ1v) is 3.72. The summed E-state index contributed by atoms with van der Waals surface area (Å²) in [6.07, 6.45) is 0.377. The lowest BCUT2D eigenvalue weighted by Gasteiger charge is -2.04. The number of aldehydes is 1. The largest absolute Gasteiger partial charge is 0.478 e. The number of halogens is 1. The van der Waals surface area contributed by atoms with Gasteiger partial charge in [0.15, 0.2) is 6.29 Å². The Morgan fingerprint density at radius 3 is 2.54 bits per heavy atom. The molecule has 0 radical (unpaired) electrons. The van der Waals surface area contributed by atoms with E-state index in [4.69, 9.17) is 22.4 Å². The molecule has 0 fully saturated rings. The number of aromatic carboxylic acids is 1. The van der Waals surface area contributed by atoms with Crippen molar-refractivity contribution in [3.05, 3.63) is 28.3 Å². The summed E-state index contributed by atoms with van der Waals surface area (Å²) in [5.74, 6) is -1.26. The molecule has 0 aliphatic rings. The van der Waals surface area contributed by atoms with Crippen LogP contribution in [0.5, 0.6) is 0 Å². The molecule has 4 nitrogen and oxygen atoms in total. The Hall–Kier alpha value is -1.55. The quantitative estimate of drug-likeness (QED) is 0.558. The smallest absolute Gasteiger partial charge is 0.338 e. The summed E-state index contributed by atoms with van der Waals surface area (Å²) in [6, 6.07) is 2.73. The van der Waals surface area contributed by atoms with Crippen LogP contribution in [0.4, 0.5) is 5.69 Å². The molecule has 3 N–H and O–H groups in total. The van der Waals surface area contributed by atoms with Crippen molar-refractivity contribution in [1.82, 2.24) is 0 Å². The van der Waals surface area contributed by atoms with E-state index in [2.05, 4.69) is 0 Å². The van der Waals surface area contributed by atoms with Crippen LogP contribution in [-0.2, 0) is 0 Å². The minimum Gasteiger partial charge on any atom is -0.478 e. The molecular weight excluding hydrogens is 194 g/mol. The molecule has 5 heteroatoms. The molecule has 1 rings (SSSR count). The van der Waals surface area contributed by atoms with Gasteiger partial charge < -0.3 is 10.8 Å². The highest BCUT2D eigenvalue weighted by Gasteiger charge is 2.16. The van der Waals surface area contributed by atoms with Gasteiger partial charge in [-0.15, -0.1) is 0 Å². The molecule has 0 aliphatic carbocycles. The normalized spacial score (nSPS) is 9.62. The first kappa shape index (κ1) is 9.54. The lowest BCUT2D eigenvalue weighted by atomic mass is 10.1. The highest BCUT2D eigenvalue weighted by molar-refractivity contribution is 6.34. The van der Waals surface area contributed by atoms with Crippen molar-refractivity contribution in [3.8, 4) is 0 Å². The molecule has 0 amide bonds. The zero-order valence-corrected chi connectivity index (χ0v) is 7.21. The first-order valence-electron chi connectivity index (χ1n) is 3.34. The van der Waals surface area contributed by atoms with E-state index in [-0.39, 0.29) is 21.8 Å². The zero-order chi connectivity index (χ0) is 10.0. The van der Waals surface area contributed by atoms with Crippen LogP contribution in [-0.4, -0.2) is 17.4 Å². The third kappa shape index (κ3) is 1.62. The van der Waals surface area contributed by atoms with Crippen molar-refractivity contribution < 1.29 is 14.7 Å². The highest BCUT2D eigenvalue weighted by Crippen LogP contribution is 2.23. The van der Waals surface area contributed by atoms with Gasteiger partial charge >= 0.3 is 5.97 Å². The summed E-state index contributed by atoms with van der Waals surface area (Å²) in [4.78, 5) is 21.2. The van der Waals surface area contributed by atoms with Gasteiger partial charge in [0, 0.05) is 11.3 Å². The average molecular weight is 200 g/mol. The van der Waals surface area contributed by atoms with Gasteiger partial charge in [0.05, 0.1) is 10.6 Å². The third-order valence-electron chi connectivity index (χ3n) is 1.56. The number of anilines is 1. The number of carbonyl (C=O) groups is 2. The van der Waals surface area contributed by atoms with Gasteiger partial charge in [-0.2, -0.15) is 0 Å². The Balaban J connectivity index is 3.52. The first-order chi connectivity index (χ1) is 6.07. The summed E-state index contributed by atoms with van der Waals surface area (Å²) in [6.45, 7) is 0. The van der Waals surface area contributed by atoms with Gasteiger partial charge in [-0.25, -0.2) is 4.79 Å². The van der Waals surface area contributed by atoms with E-state index in [9.17, 15) is 9.59 Å². The number of nitrogens with two attached hydrogens (primary N) is 1. The van der Waals surface area contributed by atoms with Crippen LogP contribution in [0.1, 0.15) is 20.7 Å². The van der Waals surface area contributed by atoms with Crippen molar-refractivity contribution in [2.24, 2.45) is 0 Å². The Kier molecular flexibility index (Phi) is 2.53. The topological polar surface area (TPSA) is 80.4 Å². The Labute approximate surface area is 78.9 Å². The number of carboxylic acids is 1. The third-order valence-corrected chi connectivity index (χ3v) is 1.89. The summed E-state index contributed by atoms with van der Waals surface area (Å²) in [5.41, 5.74) is 5.06. The zero-order valence-electron chi connectivity index (χ0n) is 6.45. The summed E-state index contributed by atoms with van der Waals surface area (Å²) < 4.78 is 0. The lowest BCUT2D eigenvalue weighted by Crippen LogP contribution is -2.07. The Bertz CT molecular complexity index is 376. The Morgan fingerprint density at radius 2 is 2.15 bits per heavy atom. The van der Waals surface area contributed by atoms with E-state index in [1.54, 1.807) is 0 Å². The fourth-order valence-electron chi connectivity index (χ4n) is 0.965. The van der Waals surface area contributed by atoms with Crippen molar-refractivity contribution in [3.63, 3.8) is 0 Å². The maximum atomic E-state index is 10.7. The molecule has 0 aromatic heterocycles. The molecule has 0 saturated carbocycles. The van der Waals surface area contributed by atoms with Gasteiger partial charge in [0.2, 0.25) is 0 Å². The van der Waals surface area contributed by atoms with E-state index in [0.717, 1.165) is 0 Å². The number of hydrogen-bond acceptors (Lipinski definition) is 3. The maximum absolute atomic E-state index is 10.7. The van der Waals surface area contributed by atoms with Crippen molar-refractivity contribution >= 4 is 29.5 Å². The molecule has 0 aliphatic heterocycles. The summed E-state index contributed by atoms with van der Waals surface area (Å²) in [5, 5.41) is 8.79. The number of carbonyl (C=O) groups excluding carboxylic acids is 1. The van der Waals surface area contributed by atoms with Gasteiger partial charge in [-0.3, -0.25) is 4.79 Å². The highest BCUT2D eigenvalue weighted by atomic mass is 35.5. The van der Waals surface area contributed by atoms with Crippen molar-refractivity contribution in [1.29, 1.82) is 0 Å². The van der Waals surface area contributed by atoms with Crippen LogP contribution in [0, 0.1) is 0 Å². The lowest BCUT2D eigenvalue weighted by molar-refractivity contribution is 0.0695. The molecule has 13 heavy (non-hydrogen) atoms. The molecule has 0 atom stereocenters. The van der Waals surface area contributed by atoms with Gasteiger partial charge in [-0.1, -0.05) is 11.6 Å². The minimum atomic E-state index is -1.26. The Morgan fingerprint density at radius 1 is 1.54 bits per heavy atom. The van der Waals surface area contributed by atoms with Crippen LogP contribution in [0.3, 0.4) is 0 Å². The summed E-state index contributed by atoms with van der Waals surface area (Å²) in [7, 11) is 0. The molecule has 0 saturated heterocycles. The number of nitrogen functional groups attached to an aromatic ring is 1. The maximum Gasteiger partial charge on any atom is 0.338 e. The van der Waals surface area contributed by atoms with Crippen LogP contribution < -0.4 is 5.73 Å². The van der Waals surface area contributed by atoms with E-state index in [1.807, 2.05) is 0 Å². The second-order valence-electron chi connectivity index (χ2n) is 2.35. The van der Waals surface area contributed by atoms with Crippen LogP contribution in [0.2, 0.25) is 5.02 Å². The second kappa shape index (κ2) is 3.45. The number of carboxylic acid groups (broad SMARTS) is 1. The molecule has 0 bridgehead atoms. The molecule has 68 valence electrons.